The van der Waals surface area contributed by atoms with Crippen LogP contribution in [0.25, 0.3) is 16.9 Å². The number of carbonyl (C=O) groups excluding carboxylic acids is 1. The third kappa shape index (κ3) is 2.97. The van der Waals surface area contributed by atoms with Crippen molar-refractivity contribution in [2.45, 2.75) is 6.18 Å². The standard InChI is InChI=1S/C15H12F3N5O2/c1-19-11-10-12(22-14(21-11)15(16,17)18)23(7-20-10)9-5-3-4-8(6-9)13(24)25-2/h3-7H,1-2H3,(H,19,21,22). The Hall–Kier alpha value is -3.17. The summed E-state index contributed by atoms with van der Waals surface area (Å²) in [5, 5.41) is 2.58. The van der Waals surface area contributed by atoms with Crippen LogP contribution in [-0.4, -0.2) is 39.6 Å². The number of carbonyl (C=O) groups is 1. The highest BCUT2D eigenvalue weighted by Crippen LogP contribution is 2.30. The van der Waals surface area contributed by atoms with Crippen LogP contribution in [0.1, 0.15) is 16.2 Å². The molecule has 0 saturated heterocycles. The molecular weight excluding hydrogens is 339 g/mol. The quantitative estimate of drug-likeness (QED) is 0.731. The van der Waals surface area contributed by atoms with Gasteiger partial charge in [0.25, 0.3) is 0 Å². The van der Waals surface area contributed by atoms with Crippen LogP contribution in [0.5, 0.6) is 0 Å². The lowest BCUT2D eigenvalue weighted by molar-refractivity contribution is -0.144. The number of fused-ring (bicyclic) bond motifs is 1. The van der Waals surface area contributed by atoms with Crippen molar-refractivity contribution < 1.29 is 22.7 Å². The van der Waals surface area contributed by atoms with Crippen LogP contribution in [0, 0.1) is 0 Å². The predicted molar refractivity (Wildman–Crippen MR) is 82.5 cm³/mol. The summed E-state index contributed by atoms with van der Waals surface area (Å²) in [6, 6.07) is 6.20. The first-order valence-electron chi connectivity index (χ1n) is 7.04. The van der Waals surface area contributed by atoms with Gasteiger partial charge in [0.2, 0.25) is 5.82 Å². The summed E-state index contributed by atoms with van der Waals surface area (Å²) >= 11 is 0. The predicted octanol–water partition coefficient (Wildman–Crippen LogP) is 2.66. The van der Waals surface area contributed by atoms with Crippen molar-refractivity contribution in [3.8, 4) is 5.69 Å². The second-order valence-corrected chi connectivity index (χ2v) is 4.97. The van der Waals surface area contributed by atoms with Crippen LogP contribution in [0.15, 0.2) is 30.6 Å². The van der Waals surface area contributed by atoms with Gasteiger partial charge in [-0.15, -0.1) is 0 Å². The minimum atomic E-state index is -4.71. The second kappa shape index (κ2) is 6.04. The van der Waals surface area contributed by atoms with Crippen molar-refractivity contribution in [3.05, 3.63) is 42.0 Å². The molecule has 1 N–H and O–H groups in total. The summed E-state index contributed by atoms with van der Waals surface area (Å²) in [5.74, 6) is -1.89. The summed E-state index contributed by atoms with van der Waals surface area (Å²) in [5.41, 5.74) is 0.813. The Morgan fingerprint density at radius 3 is 2.68 bits per heavy atom. The molecule has 7 nitrogen and oxygen atoms in total. The van der Waals surface area contributed by atoms with Crippen molar-refractivity contribution in [2.75, 3.05) is 19.5 Å². The number of anilines is 1. The Labute approximate surface area is 139 Å². The van der Waals surface area contributed by atoms with E-state index in [1.807, 2.05) is 0 Å². The molecule has 0 atom stereocenters. The van der Waals surface area contributed by atoms with Crippen LogP contribution in [-0.2, 0) is 10.9 Å². The maximum Gasteiger partial charge on any atom is 0.451 e. The topological polar surface area (TPSA) is 81.9 Å². The summed E-state index contributed by atoms with van der Waals surface area (Å²) in [4.78, 5) is 22.8. The largest absolute Gasteiger partial charge is 0.465 e. The van der Waals surface area contributed by atoms with Crippen LogP contribution < -0.4 is 5.32 Å². The fraction of sp³-hybridized carbons (Fsp3) is 0.200. The highest BCUT2D eigenvalue weighted by atomic mass is 19.4. The van der Waals surface area contributed by atoms with E-state index in [-0.39, 0.29) is 22.5 Å². The Morgan fingerprint density at radius 1 is 1.28 bits per heavy atom. The molecule has 0 unspecified atom stereocenters. The SMILES string of the molecule is CNc1nc(C(F)(F)F)nc2c1ncn2-c1cccc(C(=O)OC)c1. The van der Waals surface area contributed by atoms with E-state index in [0.29, 0.717) is 5.69 Å². The van der Waals surface area contributed by atoms with Crippen LogP contribution >= 0.6 is 0 Å². The van der Waals surface area contributed by atoms with E-state index in [1.165, 1.54) is 37.2 Å². The second-order valence-electron chi connectivity index (χ2n) is 4.97. The highest BCUT2D eigenvalue weighted by Gasteiger charge is 2.36. The van der Waals surface area contributed by atoms with E-state index >= 15 is 0 Å². The molecular formula is C15H12F3N5O2. The first-order valence-corrected chi connectivity index (χ1v) is 7.04. The van der Waals surface area contributed by atoms with Gasteiger partial charge in [-0.05, 0) is 18.2 Å². The lowest BCUT2D eigenvalue weighted by Gasteiger charge is -2.10. The number of benzene rings is 1. The zero-order chi connectivity index (χ0) is 18.2. The molecule has 10 heteroatoms. The zero-order valence-corrected chi connectivity index (χ0v) is 13.1. The smallest absolute Gasteiger partial charge is 0.451 e. The monoisotopic (exact) mass is 351 g/mol. The molecule has 0 amide bonds. The summed E-state index contributed by atoms with van der Waals surface area (Å²) in [7, 11) is 2.68. The number of esters is 1. The molecule has 2 heterocycles. The van der Waals surface area contributed by atoms with Crippen molar-refractivity contribution in [1.29, 1.82) is 0 Å². The van der Waals surface area contributed by atoms with E-state index in [9.17, 15) is 18.0 Å². The van der Waals surface area contributed by atoms with Crippen molar-refractivity contribution in [2.24, 2.45) is 0 Å². The maximum absolute atomic E-state index is 13.0. The molecule has 3 aromatic rings. The summed E-state index contributed by atoms with van der Waals surface area (Å²) in [6.45, 7) is 0. The third-order valence-corrected chi connectivity index (χ3v) is 3.43. The minimum absolute atomic E-state index is 0.0336. The number of alkyl halides is 3. The van der Waals surface area contributed by atoms with Gasteiger partial charge >= 0.3 is 12.1 Å². The number of rotatable bonds is 3. The Kier molecular flexibility index (Phi) is 4.03. The van der Waals surface area contributed by atoms with Gasteiger partial charge in [-0.3, -0.25) is 4.57 Å². The Balaban J connectivity index is 2.22. The van der Waals surface area contributed by atoms with Gasteiger partial charge < -0.3 is 10.1 Å². The number of ether oxygens (including phenoxy) is 1. The molecule has 130 valence electrons. The van der Waals surface area contributed by atoms with Gasteiger partial charge in [-0.2, -0.15) is 13.2 Å². The van der Waals surface area contributed by atoms with Crippen molar-refractivity contribution >= 4 is 23.0 Å². The Bertz CT molecular complexity index is 952. The molecule has 0 fully saturated rings. The van der Waals surface area contributed by atoms with Gasteiger partial charge in [-0.25, -0.2) is 19.7 Å². The fourth-order valence-corrected chi connectivity index (χ4v) is 2.29. The van der Waals surface area contributed by atoms with Crippen LogP contribution in [0.4, 0.5) is 19.0 Å². The number of imidazole rings is 1. The molecule has 1 aromatic carbocycles. The highest BCUT2D eigenvalue weighted by molar-refractivity contribution is 5.90. The molecule has 0 spiro atoms. The van der Waals surface area contributed by atoms with E-state index in [4.69, 9.17) is 0 Å². The average Bonchev–Trinajstić information content (AvgIpc) is 3.03. The third-order valence-electron chi connectivity index (χ3n) is 3.43. The van der Waals surface area contributed by atoms with E-state index < -0.39 is 18.0 Å². The van der Waals surface area contributed by atoms with Gasteiger partial charge in [0, 0.05) is 12.7 Å². The van der Waals surface area contributed by atoms with E-state index in [2.05, 4.69) is 25.0 Å². The first-order chi connectivity index (χ1) is 11.8. The lowest BCUT2D eigenvalue weighted by atomic mass is 10.2. The van der Waals surface area contributed by atoms with Gasteiger partial charge in [-0.1, -0.05) is 6.07 Å². The lowest BCUT2D eigenvalue weighted by Crippen LogP contribution is -2.13. The number of methoxy groups -OCH3 is 1. The number of halogens is 3. The van der Waals surface area contributed by atoms with Gasteiger partial charge in [0.1, 0.15) is 6.33 Å². The zero-order valence-electron chi connectivity index (χ0n) is 13.1. The first kappa shape index (κ1) is 16.7. The van der Waals surface area contributed by atoms with Crippen LogP contribution in [0.2, 0.25) is 0 Å². The molecule has 0 radical (unpaired) electrons. The number of hydrogen-bond donors (Lipinski definition) is 1. The number of nitrogens with one attached hydrogen (secondary N) is 1. The molecule has 2 aromatic heterocycles. The van der Waals surface area contributed by atoms with E-state index in [0.717, 1.165) is 0 Å². The number of hydrogen-bond acceptors (Lipinski definition) is 6. The van der Waals surface area contributed by atoms with E-state index in [1.54, 1.807) is 12.1 Å². The Morgan fingerprint density at radius 2 is 2.04 bits per heavy atom. The minimum Gasteiger partial charge on any atom is -0.465 e. The maximum atomic E-state index is 13.0. The normalized spacial score (nSPS) is 11.6. The van der Waals surface area contributed by atoms with Gasteiger partial charge in [0.05, 0.1) is 12.7 Å². The number of aromatic nitrogens is 4. The molecule has 0 aliphatic rings. The molecule has 25 heavy (non-hydrogen) atoms. The summed E-state index contributed by atoms with van der Waals surface area (Å²) < 4.78 is 45.1. The average molecular weight is 351 g/mol. The number of nitrogens with zero attached hydrogens (tertiary/aromatic N) is 4. The van der Waals surface area contributed by atoms with Crippen LogP contribution in [0.3, 0.4) is 0 Å². The van der Waals surface area contributed by atoms with Crippen molar-refractivity contribution in [1.82, 2.24) is 19.5 Å². The van der Waals surface area contributed by atoms with Gasteiger partial charge in [0.15, 0.2) is 17.0 Å². The fourth-order valence-electron chi connectivity index (χ4n) is 2.29. The van der Waals surface area contributed by atoms with Crippen molar-refractivity contribution in [3.63, 3.8) is 0 Å². The molecule has 0 saturated carbocycles. The molecule has 3 rings (SSSR count). The molecule has 0 aliphatic carbocycles. The summed E-state index contributed by atoms with van der Waals surface area (Å²) in [6.07, 6.45) is -3.39. The molecule has 0 bridgehead atoms. The molecule has 0 aliphatic heterocycles.